The Hall–Kier alpha value is -4.47. The third-order valence-corrected chi connectivity index (χ3v) is 6.08. The second kappa shape index (κ2) is 10.4. The van der Waals surface area contributed by atoms with Crippen LogP contribution in [0.5, 0.6) is 5.75 Å². The fraction of sp³-hybridized carbons (Fsp3) is 0.269. The Kier molecular flexibility index (Phi) is 6.74. The second-order valence-electron chi connectivity index (χ2n) is 8.52. The maximum absolute atomic E-state index is 12.0. The number of amides is 2. The van der Waals surface area contributed by atoms with Crippen molar-refractivity contribution < 1.29 is 14.3 Å². The highest BCUT2D eigenvalue weighted by Gasteiger charge is 2.21. The monoisotopic (exact) mass is 485 g/mol. The molecule has 5 rings (SSSR count). The van der Waals surface area contributed by atoms with Crippen LogP contribution in [0.2, 0.25) is 0 Å². The number of primary amides is 1. The minimum Gasteiger partial charge on any atom is -0.492 e. The minimum atomic E-state index is -0.492. The number of carbonyl (C=O) groups excluding carboxylic acids is 2. The number of nitrogens with zero attached hydrogens (tertiary/aromatic N) is 5. The zero-order valence-corrected chi connectivity index (χ0v) is 19.8. The lowest BCUT2D eigenvalue weighted by Gasteiger charge is -2.16. The van der Waals surface area contributed by atoms with Gasteiger partial charge in [-0.1, -0.05) is 30.3 Å². The van der Waals surface area contributed by atoms with Crippen molar-refractivity contribution in [2.24, 2.45) is 5.73 Å². The van der Waals surface area contributed by atoms with Gasteiger partial charge in [0.05, 0.1) is 12.9 Å². The van der Waals surface area contributed by atoms with E-state index in [1.54, 1.807) is 30.6 Å². The Labute approximate surface area is 208 Å². The van der Waals surface area contributed by atoms with E-state index in [4.69, 9.17) is 20.4 Å². The number of hydrogen-bond acceptors (Lipinski definition) is 7. The van der Waals surface area contributed by atoms with E-state index in [1.807, 2.05) is 39.8 Å². The summed E-state index contributed by atoms with van der Waals surface area (Å²) in [5.74, 6) is 1.56. The Balaban J connectivity index is 1.40. The van der Waals surface area contributed by atoms with Crippen molar-refractivity contribution in [2.45, 2.75) is 19.4 Å². The topological polar surface area (TPSA) is 128 Å². The average Bonchev–Trinajstić information content (AvgIpc) is 3.51. The molecule has 0 aliphatic carbocycles. The molecule has 1 aliphatic heterocycles. The first-order valence-electron chi connectivity index (χ1n) is 11.9. The van der Waals surface area contributed by atoms with Crippen LogP contribution in [0.4, 0.5) is 5.82 Å². The van der Waals surface area contributed by atoms with Crippen LogP contribution in [0.3, 0.4) is 0 Å². The number of likely N-dealkylation sites (tertiary alicyclic amines) is 1. The molecule has 2 aromatic heterocycles. The van der Waals surface area contributed by atoms with Crippen LogP contribution in [0.25, 0.3) is 22.6 Å². The highest BCUT2D eigenvalue weighted by Crippen LogP contribution is 2.25. The summed E-state index contributed by atoms with van der Waals surface area (Å²) in [4.78, 5) is 39.4. The largest absolute Gasteiger partial charge is 0.492 e. The first-order chi connectivity index (χ1) is 17.6. The van der Waals surface area contributed by atoms with Gasteiger partial charge in [0.2, 0.25) is 11.8 Å². The number of imidazole rings is 1. The molecule has 1 fully saturated rings. The molecular weight excluding hydrogens is 458 g/mol. The van der Waals surface area contributed by atoms with E-state index in [-0.39, 0.29) is 5.91 Å². The van der Waals surface area contributed by atoms with E-state index >= 15 is 0 Å². The summed E-state index contributed by atoms with van der Waals surface area (Å²) >= 11 is 0. The lowest BCUT2D eigenvalue weighted by atomic mass is 10.1. The van der Waals surface area contributed by atoms with Gasteiger partial charge >= 0.3 is 0 Å². The molecule has 0 bridgehead atoms. The van der Waals surface area contributed by atoms with Crippen LogP contribution in [0.15, 0.2) is 60.9 Å². The van der Waals surface area contributed by atoms with Gasteiger partial charge in [-0.15, -0.1) is 0 Å². The third kappa shape index (κ3) is 5.12. The van der Waals surface area contributed by atoms with Gasteiger partial charge in [-0.3, -0.25) is 9.59 Å². The number of nitrogens with two attached hydrogens (primary N) is 1. The number of nitrogens with one attached hydrogen (secondary N) is 1. The molecule has 0 radical (unpaired) electrons. The lowest BCUT2D eigenvalue weighted by molar-refractivity contribution is -0.127. The van der Waals surface area contributed by atoms with Crippen LogP contribution in [0, 0.1) is 0 Å². The first kappa shape index (κ1) is 23.3. The zero-order chi connectivity index (χ0) is 24.9. The van der Waals surface area contributed by atoms with Gasteiger partial charge < -0.3 is 25.3 Å². The minimum absolute atomic E-state index is 0.185. The molecule has 1 saturated heterocycles. The summed E-state index contributed by atoms with van der Waals surface area (Å²) in [6.07, 6.45) is 3.24. The highest BCUT2D eigenvalue weighted by atomic mass is 16.5. The van der Waals surface area contributed by atoms with Crippen molar-refractivity contribution in [1.29, 1.82) is 0 Å². The number of rotatable bonds is 10. The van der Waals surface area contributed by atoms with Gasteiger partial charge in [0, 0.05) is 37.2 Å². The van der Waals surface area contributed by atoms with Crippen molar-refractivity contribution in [1.82, 2.24) is 24.4 Å². The maximum Gasteiger partial charge on any atom is 0.248 e. The number of benzene rings is 2. The standard InChI is InChI=1S/C26H27N7O3/c27-23(35)18-8-10-19(11-9-18)24-30-25(28-12-16-36-20-5-2-1-3-6-20)22-26(31-24)33(17-29-22)15-14-32-13-4-7-21(32)34/h1-3,5-6,8-11,17H,4,7,12-16H2,(H2,27,35)(H,28,30,31). The van der Waals surface area contributed by atoms with Crippen LogP contribution in [-0.2, 0) is 11.3 Å². The summed E-state index contributed by atoms with van der Waals surface area (Å²) in [5, 5.41) is 3.32. The average molecular weight is 486 g/mol. The lowest BCUT2D eigenvalue weighted by Crippen LogP contribution is -2.28. The molecule has 184 valence electrons. The van der Waals surface area contributed by atoms with Gasteiger partial charge in [-0.05, 0) is 30.7 Å². The molecule has 0 unspecified atom stereocenters. The van der Waals surface area contributed by atoms with Gasteiger partial charge in [0.15, 0.2) is 17.3 Å². The van der Waals surface area contributed by atoms with Crippen LogP contribution < -0.4 is 15.8 Å². The van der Waals surface area contributed by atoms with Gasteiger partial charge in [-0.2, -0.15) is 0 Å². The molecule has 3 N–H and O–H groups in total. The van der Waals surface area contributed by atoms with E-state index in [0.29, 0.717) is 61.0 Å². The van der Waals surface area contributed by atoms with Crippen molar-refractivity contribution >= 4 is 28.8 Å². The van der Waals surface area contributed by atoms with Crippen LogP contribution in [0.1, 0.15) is 23.2 Å². The molecular formula is C26H27N7O3. The predicted molar refractivity (Wildman–Crippen MR) is 136 cm³/mol. The number of anilines is 1. The number of carbonyl (C=O) groups is 2. The summed E-state index contributed by atoms with van der Waals surface area (Å²) in [5.41, 5.74) is 7.84. The fourth-order valence-corrected chi connectivity index (χ4v) is 4.17. The SMILES string of the molecule is NC(=O)c1ccc(-c2nc(NCCOc3ccccc3)c3ncn(CCN4CCCC4=O)c3n2)cc1. The van der Waals surface area contributed by atoms with Gasteiger partial charge in [0.25, 0.3) is 0 Å². The smallest absolute Gasteiger partial charge is 0.248 e. The van der Waals surface area contributed by atoms with E-state index in [0.717, 1.165) is 24.3 Å². The molecule has 3 heterocycles. The Bertz CT molecular complexity index is 1370. The summed E-state index contributed by atoms with van der Waals surface area (Å²) in [6.45, 7) is 2.92. The van der Waals surface area contributed by atoms with E-state index in [9.17, 15) is 9.59 Å². The molecule has 36 heavy (non-hydrogen) atoms. The summed E-state index contributed by atoms with van der Waals surface area (Å²) in [7, 11) is 0. The molecule has 1 aliphatic rings. The van der Waals surface area contributed by atoms with Crippen molar-refractivity contribution in [3.63, 3.8) is 0 Å². The van der Waals surface area contributed by atoms with E-state index < -0.39 is 5.91 Å². The second-order valence-corrected chi connectivity index (χ2v) is 8.52. The highest BCUT2D eigenvalue weighted by molar-refractivity contribution is 5.93. The molecule has 0 saturated carbocycles. The normalized spacial score (nSPS) is 13.3. The third-order valence-electron chi connectivity index (χ3n) is 6.08. The zero-order valence-electron chi connectivity index (χ0n) is 19.8. The van der Waals surface area contributed by atoms with E-state index in [2.05, 4.69) is 10.3 Å². The Morgan fingerprint density at radius 1 is 1.06 bits per heavy atom. The number of ether oxygens (including phenoxy) is 1. The number of hydrogen-bond donors (Lipinski definition) is 2. The number of fused-ring (bicyclic) bond motifs is 1. The molecule has 2 aromatic carbocycles. The Morgan fingerprint density at radius 2 is 1.86 bits per heavy atom. The molecule has 0 atom stereocenters. The fourth-order valence-electron chi connectivity index (χ4n) is 4.17. The molecule has 10 heteroatoms. The quantitative estimate of drug-likeness (QED) is 0.331. The summed E-state index contributed by atoms with van der Waals surface area (Å²) in [6, 6.07) is 16.5. The van der Waals surface area contributed by atoms with Crippen LogP contribution >= 0.6 is 0 Å². The summed E-state index contributed by atoms with van der Waals surface area (Å²) < 4.78 is 7.73. The number of aromatic nitrogens is 4. The maximum atomic E-state index is 12.0. The van der Waals surface area contributed by atoms with Gasteiger partial charge in [-0.25, -0.2) is 15.0 Å². The first-order valence-corrected chi connectivity index (χ1v) is 11.9. The molecule has 10 nitrogen and oxygen atoms in total. The van der Waals surface area contributed by atoms with Crippen molar-refractivity contribution in [3.05, 3.63) is 66.5 Å². The van der Waals surface area contributed by atoms with Gasteiger partial charge in [0.1, 0.15) is 17.9 Å². The van der Waals surface area contributed by atoms with Crippen molar-refractivity contribution in [3.8, 4) is 17.1 Å². The molecule has 2 amide bonds. The molecule has 0 spiro atoms. The number of para-hydroxylation sites is 1. The van der Waals surface area contributed by atoms with Crippen LogP contribution in [-0.4, -0.2) is 62.5 Å². The predicted octanol–water partition coefficient (Wildman–Crippen LogP) is 2.71. The van der Waals surface area contributed by atoms with E-state index in [1.165, 1.54) is 0 Å². The van der Waals surface area contributed by atoms with Crippen molar-refractivity contribution in [2.75, 3.05) is 31.6 Å². The molecule has 4 aromatic rings. The Morgan fingerprint density at radius 3 is 2.58 bits per heavy atom.